The van der Waals surface area contributed by atoms with Crippen LogP contribution in [-0.4, -0.2) is 10.9 Å². The van der Waals surface area contributed by atoms with E-state index in [1.165, 1.54) is 0 Å². The predicted molar refractivity (Wildman–Crippen MR) is 64.9 cm³/mol. The number of hydrogen-bond acceptors (Lipinski definition) is 3. The number of carbonyl (C=O) groups is 1. The monoisotopic (exact) mass is 221 g/mol. The average molecular weight is 221 g/mol. The van der Waals surface area contributed by atoms with E-state index in [2.05, 4.69) is 10.3 Å². The molecular formula is C12H19N3O. The second-order valence-corrected chi connectivity index (χ2v) is 4.97. The van der Waals surface area contributed by atoms with Crippen LogP contribution in [0.3, 0.4) is 0 Å². The number of hydrogen-bond donors (Lipinski definition) is 2. The van der Waals surface area contributed by atoms with Gasteiger partial charge in [0, 0.05) is 17.7 Å². The minimum absolute atomic E-state index is 0.0539. The van der Waals surface area contributed by atoms with Gasteiger partial charge in [-0.3, -0.25) is 4.79 Å². The van der Waals surface area contributed by atoms with Crippen LogP contribution in [0.2, 0.25) is 0 Å². The Kier molecular flexibility index (Phi) is 3.65. The number of amides is 1. The third kappa shape index (κ3) is 3.31. The van der Waals surface area contributed by atoms with Crippen LogP contribution in [0.5, 0.6) is 0 Å². The summed E-state index contributed by atoms with van der Waals surface area (Å²) in [5.41, 5.74) is 6.29. The lowest BCUT2D eigenvalue weighted by Crippen LogP contribution is -2.28. The number of nitrogens with one attached hydrogen (secondary N) is 1. The molecule has 0 aliphatic heterocycles. The van der Waals surface area contributed by atoms with Gasteiger partial charge in [-0.2, -0.15) is 0 Å². The Morgan fingerprint density at radius 3 is 2.62 bits per heavy atom. The largest absolute Gasteiger partial charge is 0.324 e. The van der Waals surface area contributed by atoms with Crippen molar-refractivity contribution in [3.8, 4) is 0 Å². The fourth-order valence-corrected chi connectivity index (χ4v) is 1.10. The molecule has 1 unspecified atom stereocenters. The molecule has 4 heteroatoms. The lowest BCUT2D eigenvalue weighted by molar-refractivity contribution is -0.123. The first-order valence-electron chi connectivity index (χ1n) is 5.33. The normalized spacial score (nSPS) is 13.3. The Balaban J connectivity index is 2.83. The molecule has 3 N–H and O–H groups in total. The first kappa shape index (κ1) is 12.6. The van der Waals surface area contributed by atoms with Crippen LogP contribution in [0, 0.1) is 5.41 Å². The van der Waals surface area contributed by atoms with Gasteiger partial charge in [-0.15, -0.1) is 0 Å². The molecule has 1 heterocycles. The first-order chi connectivity index (χ1) is 7.30. The zero-order valence-corrected chi connectivity index (χ0v) is 10.2. The summed E-state index contributed by atoms with van der Waals surface area (Å²) in [5.74, 6) is 0.497. The highest BCUT2D eigenvalue weighted by Gasteiger charge is 2.21. The SMILES string of the molecule is CC(N)c1ccnc(NC(=O)C(C)(C)C)c1. The van der Waals surface area contributed by atoms with Gasteiger partial charge in [0.2, 0.25) is 5.91 Å². The molecule has 0 radical (unpaired) electrons. The van der Waals surface area contributed by atoms with E-state index >= 15 is 0 Å². The maximum Gasteiger partial charge on any atom is 0.230 e. The molecule has 88 valence electrons. The minimum Gasteiger partial charge on any atom is -0.324 e. The van der Waals surface area contributed by atoms with Crippen LogP contribution in [0.15, 0.2) is 18.3 Å². The highest BCUT2D eigenvalue weighted by Crippen LogP contribution is 2.18. The van der Waals surface area contributed by atoms with Crippen molar-refractivity contribution in [3.05, 3.63) is 23.9 Å². The van der Waals surface area contributed by atoms with E-state index in [9.17, 15) is 4.79 Å². The molecule has 1 rings (SSSR count). The number of anilines is 1. The highest BCUT2D eigenvalue weighted by atomic mass is 16.2. The summed E-state index contributed by atoms with van der Waals surface area (Å²) in [6, 6.07) is 3.58. The maximum atomic E-state index is 11.7. The van der Waals surface area contributed by atoms with Gasteiger partial charge in [0.25, 0.3) is 0 Å². The Morgan fingerprint density at radius 2 is 2.12 bits per heavy atom. The number of pyridine rings is 1. The zero-order chi connectivity index (χ0) is 12.3. The Hall–Kier alpha value is -1.42. The van der Waals surface area contributed by atoms with Gasteiger partial charge in [-0.25, -0.2) is 4.98 Å². The number of rotatable bonds is 2. The highest BCUT2D eigenvalue weighted by molar-refractivity contribution is 5.93. The molecule has 16 heavy (non-hydrogen) atoms. The van der Waals surface area contributed by atoms with Crippen LogP contribution in [0.4, 0.5) is 5.82 Å². The molecule has 0 aliphatic rings. The first-order valence-corrected chi connectivity index (χ1v) is 5.33. The smallest absolute Gasteiger partial charge is 0.230 e. The Morgan fingerprint density at radius 1 is 1.50 bits per heavy atom. The summed E-state index contributed by atoms with van der Waals surface area (Å²) in [4.78, 5) is 15.8. The van der Waals surface area contributed by atoms with Crippen LogP contribution < -0.4 is 11.1 Å². The average Bonchev–Trinajstić information content (AvgIpc) is 2.16. The van der Waals surface area contributed by atoms with E-state index in [0.29, 0.717) is 5.82 Å². The van der Waals surface area contributed by atoms with Crippen LogP contribution in [0.25, 0.3) is 0 Å². The van der Waals surface area contributed by atoms with Crippen molar-refractivity contribution in [1.29, 1.82) is 0 Å². The minimum atomic E-state index is -0.425. The molecule has 4 nitrogen and oxygen atoms in total. The quantitative estimate of drug-likeness (QED) is 0.803. The van der Waals surface area contributed by atoms with E-state index < -0.39 is 5.41 Å². The summed E-state index contributed by atoms with van der Waals surface area (Å²) in [5, 5.41) is 2.77. The van der Waals surface area contributed by atoms with Crippen molar-refractivity contribution in [2.45, 2.75) is 33.7 Å². The summed E-state index contributed by atoms with van der Waals surface area (Å²) in [7, 11) is 0. The molecule has 1 atom stereocenters. The number of aromatic nitrogens is 1. The predicted octanol–water partition coefficient (Wildman–Crippen LogP) is 2.09. The van der Waals surface area contributed by atoms with E-state index in [0.717, 1.165) is 5.56 Å². The lowest BCUT2D eigenvalue weighted by atomic mass is 9.96. The van der Waals surface area contributed by atoms with E-state index in [-0.39, 0.29) is 11.9 Å². The summed E-state index contributed by atoms with van der Waals surface area (Å²) >= 11 is 0. The van der Waals surface area contributed by atoms with Gasteiger partial charge in [-0.1, -0.05) is 20.8 Å². The maximum absolute atomic E-state index is 11.7. The third-order valence-electron chi connectivity index (χ3n) is 2.23. The van der Waals surface area contributed by atoms with Crippen molar-refractivity contribution in [2.24, 2.45) is 11.1 Å². The molecular weight excluding hydrogens is 202 g/mol. The standard InChI is InChI=1S/C12H19N3O/c1-8(13)9-5-6-14-10(7-9)15-11(16)12(2,3)4/h5-8H,13H2,1-4H3,(H,14,15,16). The summed E-state index contributed by atoms with van der Waals surface area (Å²) < 4.78 is 0. The molecule has 0 aliphatic carbocycles. The fourth-order valence-electron chi connectivity index (χ4n) is 1.10. The lowest BCUT2D eigenvalue weighted by Gasteiger charge is -2.17. The van der Waals surface area contributed by atoms with Gasteiger partial charge in [-0.05, 0) is 24.6 Å². The Bertz CT molecular complexity index is 380. The van der Waals surface area contributed by atoms with Crippen molar-refractivity contribution < 1.29 is 4.79 Å². The van der Waals surface area contributed by atoms with Gasteiger partial charge >= 0.3 is 0 Å². The van der Waals surface area contributed by atoms with Gasteiger partial charge in [0.05, 0.1) is 0 Å². The summed E-state index contributed by atoms with van der Waals surface area (Å²) in [6.07, 6.45) is 1.65. The van der Waals surface area contributed by atoms with E-state index in [1.807, 2.05) is 33.8 Å². The van der Waals surface area contributed by atoms with E-state index in [1.54, 1.807) is 12.3 Å². The van der Waals surface area contributed by atoms with Crippen LogP contribution in [-0.2, 0) is 4.79 Å². The molecule has 1 amide bonds. The van der Waals surface area contributed by atoms with Crippen molar-refractivity contribution >= 4 is 11.7 Å². The van der Waals surface area contributed by atoms with Crippen LogP contribution in [0.1, 0.15) is 39.3 Å². The topological polar surface area (TPSA) is 68.0 Å². The van der Waals surface area contributed by atoms with Crippen molar-refractivity contribution in [1.82, 2.24) is 4.98 Å². The van der Waals surface area contributed by atoms with Gasteiger partial charge in [0.15, 0.2) is 0 Å². The second-order valence-electron chi connectivity index (χ2n) is 4.97. The molecule has 0 saturated carbocycles. The molecule has 0 aromatic carbocycles. The van der Waals surface area contributed by atoms with Crippen molar-refractivity contribution in [3.63, 3.8) is 0 Å². The Labute approximate surface area is 96.3 Å². The fraction of sp³-hybridized carbons (Fsp3) is 0.500. The number of nitrogens with zero attached hydrogens (tertiary/aromatic N) is 1. The molecule has 0 spiro atoms. The number of nitrogens with two attached hydrogens (primary N) is 1. The molecule has 1 aromatic rings. The zero-order valence-electron chi connectivity index (χ0n) is 10.2. The molecule has 0 saturated heterocycles. The van der Waals surface area contributed by atoms with Crippen LogP contribution >= 0.6 is 0 Å². The van der Waals surface area contributed by atoms with Gasteiger partial charge < -0.3 is 11.1 Å². The van der Waals surface area contributed by atoms with Gasteiger partial charge in [0.1, 0.15) is 5.82 Å². The second kappa shape index (κ2) is 4.61. The van der Waals surface area contributed by atoms with E-state index in [4.69, 9.17) is 5.73 Å². The molecule has 0 bridgehead atoms. The third-order valence-corrected chi connectivity index (χ3v) is 2.23. The summed E-state index contributed by atoms with van der Waals surface area (Å²) in [6.45, 7) is 7.47. The molecule has 1 aromatic heterocycles. The van der Waals surface area contributed by atoms with Crippen molar-refractivity contribution in [2.75, 3.05) is 5.32 Å². The molecule has 0 fully saturated rings. The number of carbonyl (C=O) groups excluding carboxylic acids is 1.